The Morgan fingerprint density at radius 3 is 2.56 bits per heavy atom. The molecule has 5 nitrogen and oxygen atoms in total. The first kappa shape index (κ1) is 23.6. The van der Waals surface area contributed by atoms with E-state index in [0.29, 0.717) is 30.9 Å². The molecule has 2 aromatic rings. The average Bonchev–Trinajstić information content (AvgIpc) is 3.37. The third kappa shape index (κ3) is 5.16. The minimum atomic E-state index is -0.296. The van der Waals surface area contributed by atoms with Crippen molar-refractivity contribution in [1.82, 2.24) is 4.90 Å². The van der Waals surface area contributed by atoms with Crippen LogP contribution in [-0.2, 0) is 9.59 Å². The van der Waals surface area contributed by atoms with Gasteiger partial charge in [0.05, 0.1) is 5.69 Å². The molecule has 34 heavy (non-hydrogen) atoms. The van der Waals surface area contributed by atoms with Crippen LogP contribution < -0.4 is 4.90 Å². The quantitative estimate of drug-likeness (QED) is 0.522. The van der Waals surface area contributed by atoms with Crippen LogP contribution >= 0.6 is 0 Å². The molecule has 0 saturated carbocycles. The van der Waals surface area contributed by atoms with E-state index >= 15 is 0 Å². The molecular formula is C28H30FN3O2. The summed E-state index contributed by atoms with van der Waals surface area (Å²) in [6.45, 7) is 5.14. The number of anilines is 1. The molecule has 1 fully saturated rings. The van der Waals surface area contributed by atoms with Gasteiger partial charge in [0, 0.05) is 50.2 Å². The lowest BCUT2D eigenvalue weighted by molar-refractivity contribution is -0.132. The SMILES string of the molecule is C=CCCC(=O)N1CCC(C2=NC(C(=O)N(C)c3ccccc3-c3ccc(F)cc3)=CC2)CC1. The van der Waals surface area contributed by atoms with Crippen LogP contribution in [0.15, 0.2) is 78.0 Å². The Balaban J connectivity index is 1.42. The first-order valence-corrected chi connectivity index (χ1v) is 11.8. The van der Waals surface area contributed by atoms with E-state index in [1.807, 2.05) is 35.2 Å². The van der Waals surface area contributed by atoms with Crippen LogP contribution in [0.1, 0.15) is 32.1 Å². The molecule has 0 spiro atoms. The smallest absolute Gasteiger partial charge is 0.276 e. The van der Waals surface area contributed by atoms with Crippen molar-refractivity contribution >= 4 is 23.2 Å². The lowest BCUT2D eigenvalue weighted by Crippen LogP contribution is -2.40. The van der Waals surface area contributed by atoms with Crippen molar-refractivity contribution in [1.29, 1.82) is 0 Å². The lowest BCUT2D eigenvalue weighted by atomic mass is 9.90. The number of likely N-dealkylation sites (tertiary alicyclic amines) is 1. The van der Waals surface area contributed by atoms with Gasteiger partial charge in [-0.15, -0.1) is 6.58 Å². The monoisotopic (exact) mass is 459 g/mol. The van der Waals surface area contributed by atoms with Gasteiger partial charge in [0.25, 0.3) is 5.91 Å². The number of rotatable bonds is 7. The zero-order valence-corrected chi connectivity index (χ0v) is 19.5. The van der Waals surface area contributed by atoms with Crippen LogP contribution in [0.3, 0.4) is 0 Å². The molecule has 2 aliphatic rings. The molecule has 1 saturated heterocycles. The highest BCUT2D eigenvalue weighted by molar-refractivity contribution is 6.10. The number of nitrogens with zero attached hydrogens (tertiary/aromatic N) is 3. The molecule has 0 unspecified atom stereocenters. The van der Waals surface area contributed by atoms with Crippen molar-refractivity contribution < 1.29 is 14.0 Å². The topological polar surface area (TPSA) is 53.0 Å². The van der Waals surface area contributed by atoms with Crippen molar-refractivity contribution in [3.63, 3.8) is 0 Å². The van der Waals surface area contributed by atoms with Crippen LogP contribution in [-0.4, -0.2) is 42.6 Å². The van der Waals surface area contributed by atoms with Crippen molar-refractivity contribution in [2.45, 2.75) is 32.1 Å². The number of halogens is 1. The second-order valence-corrected chi connectivity index (χ2v) is 8.77. The highest BCUT2D eigenvalue weighted by atomic mass is 19.1. The molecule has 176 valence electrons. The third-order valence-electron chi connectivity index (χ3n) is 6.59. The Bertz CT molecular complexity index is 1130. The van der Waals surface area contributed by atoms with Crippen molar-refractivity contribution in [3.8, 4) is 11.1 Å². The maximum Gasteiger partial charge on any atom is 0.276 e. The molecule has 2 heterocycles. The number of hydrogen-bond donors (Lipinski definition) is 0. The molecular weight excluding hydrogens is 429 g/mol. The first-order valence-electron chi connectivity index (χ1n) is 11.8. The van der Waals surface area contributed by atoms with Crippen LogP contribution in [0.2, 0.25) is 0 Å². The Morgan fingerprint density at radius 1 is 1.15 bits per heavy atom. The molecule has 4 rings (SSSR count). The Labute approximate surface area is 200 Å². The zero-order valence-electron chi connectivity index (χ0n) is 19.5. The minimum Gasteiger partial charge on any atom is -0.343 e. The number of amides is 2. The number of para-hydroxylation sites is 1. The molecule has 0 atom stereocenters. The van der Waals surface area contributed by atoms with Gasteiger partial charge in [0.2, 0.25) is 5.91 Å². The van der Waals surface area contributed by atoms with E-state index in [1.54, 1.807) is 30.2 Å². The van der Waals surface area contributed by atoms with E-state index in [9.17, 15) is 14.0 Å². The van der Waals surface area contributed by atoms with Gasteiger partial charge in [-0.3, -0.25) is 14.6 Å². The highest BCUT2D eigenvalue weighted by Gasteiger charge is 2.29. The number of aliphatic imine (C=N–C) groups is 1. The molecule has 0 aliphatic carbocycles. The van der Waals surface area contributed by atoms with Gasteiger partial charge in [-0.05, 0) is 49.1 Å². The summed E-state index contributed by atoms with van der Waals surface area (Å²) in [4.78, 5) is 33.8. The van der Waals surface area contributed by atoms with Crippen molar-refractivity contribution in [2.24, 2.45) is 10.9 Å². The number of likely N-dealkylation sites (N-methyl/N-ethyl adjacent to an activating group) is 1. The summed E-state index contributed by atoms with van der Waals surface area (Å²) in [5, 5.41) is 0. The Morgan fingerprint density at radius 2 is 1.85 bits per heavy atom. The van der Waals surface area contributed by atoms with Gasteiger partial charge in [0.15, 0.2) is 0 Å². The fourth-order valence-corrected chi connectivity index (χ4v) is 4.61. The maximum atomic E-state index is 13.4. The molecule has 0 radical (unpaired) electrons. The summed E-state index contributed by atoms with van der Waals surface area (Å²) in [7, 11) is 1.74. The van der Waals surface area contributed by atoms with E-state index in [4.69, 9.17) is 4.99 Å². The second-order valence-electron chi connectivity index (χ2n) is 8.77. The largest absolute Gasteiger partial charge is 0.343 e. The predicted octanol–water partition coefficient (Wildman–Crippen LogP) is 5.39. The summed E-state index contributed by atoms with van der Waals surface area (Å²) >= 11 is 0. The number of carbonyl (C=O) groups excluding carboxylic acids is 2. The van der Waals surface area contributed by atoms with Crippen molar-refractivity contribution in [2.75, 3.05) is 25.0 Å². The van der Waals surface area contributed by atoms with Gasteiger partial charge in [-0.25, -0.2) is 4.39 Å². The van der Waals surface area contributed by atoms with Gasteiger partial charge in [-0.1, -0.05) is 36.4 Å². The van der Waals surface area contributed by atoms with Crippen molar-refractivity contribution in [3.05, 3.63) is 78.8 Å². The number of piperidine rings is 1. The molecule has 0 N–H and O–H groups in total. The summed E-state index contributed by atoms with van der Waals surface area (Å²) in [6, 6.07) is 13.9. The predicted molar refractivity (Wildman–Crippen MR) is 134 cm³/mol. The van der Waals surface area contributed by atoms with Gasteiger partial charge in [0.1, 0.15) is 11.5 Å². The summed E-state index contributed by atoms with van der Waals surface area (Å²) < 4.78 is 13.4. The molecule has 2 amide bonds. The fourth-order valence-electron chi connectivity index (χ4n) is 4.61. The Hall–Kier alpha value is -3.54. The van der Waals surface area contributed by atoms with Crippen LogP contribution in [0, 0.1) is 11.7 Å². The molecule has 6 heteroatoms. The number of carbonyl (C=O) groups is 2. The van der Waals surface area contributed by atoms with E-state index in [2.05, 4.69) is 6.58 Å². The average molecular weight is 460 g/mol. The van der Waals surface area contributed by atoms with Crippen LogP contribution in [0.4, 0.5) is 10.1 Å². The number of hydrogen-bond acceptors (Lipinski definition) is 3. The van der Waals surface area contributed by atoms with E-state index < -0.39 is 0 Å². The Kier molecular flexibility index (Phi) is 7.36. The van der Waals surface area contributed by atoms with Crippen LogP contribution in [0.25, 0.3) is 11.1 Å². The summed E-state index contributed by atoms with van der Waals surface area (Å²) in [5.41, 5.74) is 3.93. The maximum absolute atomic E-state index is 13.4. The molecule has 2 aromatic carbocycles. The normalized spacial score (nSPS) is 16.1. The number of benzene rings is 2. The van der Waals surface area contributed by atoms with Crippen LogP contribution in [0.5, 0.6) is 0 Å². The number of allylic oxidation sites excluding steroid dienone is 2. The second kappa shape index (κ2) is 10.6. The summed E-state index contributed by atoms with van der Waals surface area (Å²) in [5.74, 6) is 0.0150. The first-order chi connectivity index (χ1) is 16.5. The van der Waals surface area contributed by atoms with Gasteiger partial charge >= 0.3 is 0 Å². The van der Waals surface area contributed by atoms with E-state index in [1.165, 1.54) is 12.1 Å². The zero-order chi connectivity index (χ0) is 24.1. The lowest BCUT2D eigenvalue weighted by Gasteiger charge is -2.32. The van der Waals surface area contributed by atoms with Gasteiger partial charge in [-0.2, -0.15) is 0 Å². The molecule has 0 bridgehead atoms. The highest BCUT2D eigenvalue weighted by Crippen LogP contribution is 2.32. The summed E-state index contributed by atoms with van der Waals surface area (Å²) in [6.07, 6.45) is 7.31. The fraction of sp³-hybridized carbons (Fsp3) is 0.321. The van der Waals surface area contributed by atoms with E-state index in [-0.39, 0.29) is 17.6 Å². The molecule has 0 aromatic heterocycles. The standard InChI is InChI=1S/C28H30FN3O2/c1-3-4-9-27(33)32-18-16-21(17-19-32)24-14-15-25(30-24)28(34)31(2)26-8-6-5-7-23(26)20-10-12-22(29)13-11-20/h3,5-8,10-13,15,21H,1,4,9,14,16-19H2,2H3. The van der Waals surface area contributed by atoms with E-state index in [0.717, 1.165) is 48.5 Å². The third-order valence-corrected chi connectivity index (χ3v) is 6.59. The van der Waals surface area contributed by atoms with Gasteiger partial charge < -0.3 is 9.80 Å². The molecule has 2 aliphatic heterocycles. The minimum absolute atomic E-state index is 0.165.